The van der Waals surface area contributed by atoms with Crippen molar-refractivity contribution in [2.45, 2.75) is 38.5 Å². The van der Waals surface area contributed by atoms with E-state index in [2.05, 4.69) is 72.0 Å². The van der Waals surface area contributed by atoms with Crippen molar-refractivity contribution in [2.24, 2.45) is 23.2 Å². The minimum atomic E-state index is -0.135. The standard InChI is InChI=1S/C29H29NO/c31-28(29-17-20-11-21(18-29)13-22(12-20)19-29)30-27-15-25(23-7-3-1-4-8-23)14-26(16-27)24-9-5-2-6-10-24/h1-10,14-16,20-22H,11-13,17-19H2,(H,30,31). The van der Waals surface area contributed by atoms with Crippen LogP contribution < -0.4 is 5.32 Å². The van der Waals surface area contributed by atoms with Crippen molar-refractivity contribution in [3.05, 3.63) is 78.9 Å². The molecular formula is C29H29NO. The zero-order chi connectivity index (χ0) is 20.8. The Kier molecular flexibility index (Phi) is 4.49. The molecule has 1 N–H and O–H groups in total. The second kappa shape index (κ2) is 7.37. The average molecular weight is 408 g/mol. The lowest BCUT2D eigenvalue weighted by atomic mass is 9.49. The molecular weight excluding hydrogens is 378 g/mol. The average Bonchev–Trinajstić information content (AvgIpc) is 2.79. The Bertz CT molecular complexity index is 1010. The van der Waals surface area contributed by atoms with E-state index in [1.54, 1.807) is 0 Å². The summed E-state index contributed by atoms with van der Waals surface area (Å²) >= 11 is 0. The topological polar surface area (TPSA) is 29.1 Å². The first kappa shape index (κ1) is 18.9. The summed E-state index contributed by atoms with van der Waals surface area (Å²) in [5.41, 5.74) is 5.41. The number of hydrogen-bond donors (Lipinski definition) is 1. The van der Waals surface area contributed by atoms with Crippen LogP contribution in [0.1, 0.15) is 38.5 Å². The van der Waals surface area contributed by atoms with Gasteiger partial charge in [0.25, 0.3) is 0 Å². The lowest BCUT2D eigenvalue weighted by molar-refractivity contribution is -0.140. The molecule has 0 aromatic heterocycles. The van der Waals surface area contributed by atoms with E-state index < -0.39 is 0 Å². The van der Waals surface area contributed by atoms with E-state index in [9.17, 15) is 4.79 Å². The second-order valence-electron chi connectivity index (χ2n) is 10.2. The maximum absolute atomic E-state index is 13.7. The van der Waals surface area contributed by atoms with Crippen LogP contribution in [0.2, 0.25) is 0 Å². The summed E-state index contributed by atoms with van der Waals surface area (Å²) in [4.78, 5) is 13.7. The molecule has 0 heterocycles. The molecule has 4 aliphatic rings. The molecule has 4 aliphatic carbocycles. The van der Waals surface area contributed by atoms with Crippen molar-refractivity contribution in [3.63, 3.8) is 0 Å². The molecule has 0 aliphatic heterocycles. The van der Waals surface area contributed by atoms with Crippen molar-refractivity contribution in [2.75, 3.05) is 5.32 Å². The normalized spacial score (nSPS) is 28.5. The monoisotopic (exact) mass is 407 g/mol. The molecule has 4 bridgehead atoms. The summed E-state index contributed by atoms with van der Waals surface area (Å²) in [5, 5.41) is 3.38. The molecule has 0 spiro atoms. The fraction of sp³-hybridized carbons (Fsp3) is 0.345. The predicted molar refractivity (Wildman–Crippen MR) is 127 cm³/mol. The number of carbonyl (C=O) groups excluding carboxylic acids is 1. The van der Waals surface area contributed by atoms with Crippen molar-refractivity contribution in [1.82, 2.24) is 0 Å². The fourth-order valence-electron chi connectivity index (χ4n) is 6.95. The number of carbonyl (C=O) groups is 1. The number of anilines is 1. The molecule has 0 radical (unpaired) electrons. The van der Waals surface area contributed by atoms with Gasteiger partial charge < -0.3 is 5.32 Å². The number of rotatable bonds is 4. The van der Waals surface area contributed by atoms with Gasteiger partial charge in [-0.2, -0.15) is 0 Å². The molecule has 0 saturated heterocycles. The van der Waals surface area contributed by atoms with Crippen LogP contribution in [0.5, 0.6) is 0 Å². The number of benzene rings is 3. The SMILES string of the molecule is O=C(Nc1cc(-c2ccccc2)cc(-c2ccccc2)c1)C12CC3CC(CC(C3)C1)C2. The predicted octanol–water partition coefficient (Wildman–Crippen LogP) is 7.18. The Morgan fingerprint density at radius 3 is 1.55 bits per heavy atom. The van der Waals surface area contributed by atoms with Gasteiger partial charge in [-0.1, -0.05) is 60.7 Å². The highest BCUT2D eigenvalue weighted by atomic mass is 16.2. The summed E-state index contributed by atoms with van der Waals surface area (Å²) < 4.78 is 0. The van der Waals surface area contributed by atoms with E-state index in [4.69, 9.17) is 0 Å². The van der Waals surface area contributed by atoms with E-state index in [1.165, 1.54) is 30.4 Å². The zero-order valence-corrected chi connectivity index (χ0v) is 17.9. The number of hydrogen-bond acceptors (Lipinski definition) is 1. The molecule has 2 heteroatoms. The largest absolute Gasteiger partial charge is 0.326 e. The van der Waals surface area contributed by atoms with Crippen LogP contribution in [-0.2, 0) is 4.79 Å². The van der Waals surface area contributed by atoms with Crippen LogP contribution in [0.4, 0.5) is 5.69 Å². The van der Waals surface area contributed by atoms with Crippen molar-refractivity contribution in [3.8, 4) is 22.3 Å². The third-order valence-corrected chi connectivity index (χ3v) is 7.93. The van der Waals surface area contributed by atoms with Gasteiger partial charge in [0, 0.05) is 5.69 Å². The first-order valence-corrected chi connectivity index (χ1v) is 11.7. The van der Waals surface area contributed by atoms with Gasteiger partial charge in [0.05, 0.1) is 5.41 Å². The highest BCUT2D eigenvalue weighted by Crippen LogP contribution is 2.60. The molecule has 31 heavy (non-hydrogen) atoms. The minimum Gasteiger partial charge on any atom is -0.326 e. The molecule has 4 fully saturated rings. The minimum absolute atomic E-state index is 0.135. The first-order valence-electron chi connectivity index (χ1n) is 11.7. The third-order valence-electron chi connectivity index (χ3n) is 7.93. The molecule has 0 atom stereocenters. The summed E-state index contributed by atoms with van der Waals surface area (Å²) in [5.74, 6) is 2.57. The van der Waals surface area contributed by atoms with Crippen LogP contribution in [0.25, 0.3) is 22.3 Å². The Morgan fingerprint density at radius 2 is 1.10 bits per heavy atom. The zero-order valence-electron chi connectivity index (χ0n) is 17.9. The maximum atomic E-state index is 13.7. The van der Waals surface area contributed by atoms with Crippen molar-refractivity contribution in [1.29, 1.82) is 0 Å². The lowest BCUT2D eigenvalue weighted by Crippen LogP contribution is -2.51. The van der Waals surface area contributed by atoms with E-state index in [0.717, 1.165) is 53.8 Å². The Balaban J connectivity index is 1.36. The number of amides is 1. The molecule has 3 aromatic rings. The Labute approximate surface area is 184 Å². The molecule has 0 unspecified atom stereocenters. The highest BCUT2D eigenvalue weighted by Gasteiger charge is 2.54. The van der Waals surface area contributed by atoms with Gasteiger partial charge in [-0.3, -0.25) is 4.79 Å². The Morgan fingerprint density at radius 1 is 0.645 bits per heavy atom. The summed E-state index contributed by atoms with van der Waals surface area (Å²) in [6, 6.07) is 27.4. The second-order valence-corrected chi connectivity index (χ2v) is 10.2. The smallest absolute Gasteiger partial charge is 0.230 e. The van der Waals surface area contributed by atoms with Crippen molar-refractivity contribution < 1.29 is 4.79 Å². The van der Waals surface area contributed by atoms with Crippen LogP contribution in [-0.4, -0.2) is 5.91 Å². The summed E-state index contributed by atoms with van der Waals surface area (Å²) in [6.07, 6.45) is 7.34. The van der Waals surface area contributed by atoms with Crippen LogP contribution in [0, 0.1) is 23.2 Å². The van der Waals surface area contributed by atoms with Gasteiger partial charge in [-0.15, -0.1) is 0 Å². The van der Waals surface area contributed by atoms with Crippen LogP contribution in [0.3, 0.4) is 0 Å². The van der Waals surface area contributed by atoms with Crippen LogP contribution in [0.15, 0.2) is 78.9 Å². The van der Waals surface area contributed by atoms with Crippen LogP contribution >= 0.6 is 0 Å². The third kappa shape index (κ3) is 3.48. The van der Waals surface area contributed by atoms with E-state index in [0.29, 0.717) is 0 Å². The molecule has 4 saturated carbocycles. The highest BCUT2D eigenvalue weighted by molar-refractivity contribution is 5.97. The van der Waals surface area contributed by atoms with Gasteiger partial charge >= 0.3 is 0 Å². The molecule has 1 amide bonds. The van der Waals surface area contributed by atoms with Gasteiger partial charge in [-0.25, -0.2) is 0 Å². The quantitative estimate of drug-likeness (QED) is 0.488. The van der Waals surface area contributed by atoms with Gasteiger partial charge in [0.1, 0.15) is 0 Å². The summed E-state index contributed by atoms with van der Waals surface area (Å²) in [6.45, 7) is 0. The molecule has 156 valence electrons. The van der Waals surface area contributed by atoms with Crippen molar-refractivity contribution >= 4 is 11.6 Å². The summed E-state index contributed by atoms with van der Waals surface area (Å²) in [7, 11) is 0. The molecule has 3 aromatic carbocycles. The van der Waals surface area contributed by atoms with E-state index >= 15 is 0 Å². The molecule has 2 nitrogen and oxygen atoms in total. The Hall–Kier alpha value is -2.87. The van der Waals surface area contributed by atoms with Gasteiger partial charge in [0.15, 0.2) is 0 Å². The van der Waals surface area contributed by atoms with E-state index in [1.807, 2.05) is 12.1 Å². The van der Waals surface area contributed by atoms with E-state index in [-0.39, 0.29) is 11.3 Å². The first-order chi connectivity index (χ1) is 15.2. The van der Waals surface area contributed by atoms with Gasteiger partial charge in [0.2, 0.25) is 5.91 Å². The fourth-order valence-corrected chi connectivity index (χ4v) is 6.95. The number of nitrogens with one attached hydrogen (secondary N) is 1. The maximum Gasteiger partial charge on any atom is 0.230 e. The lowest BCUT2D eigenvalue weighted by Gasteiger charge is -2.55. The van der Waals surface area contributed by atoms with Gasteiger partial charge in [-0.05, 0) is 96.7 Å². The molecule has 7 rings (SSSR count).